The predicted molar refractivity (Wildman–Crippen MR) is 128 cm³/mol. The summed E-state index contributed by atoms with van der Waals surface area (Å²) >= 11 is 0. The number of imidazole rings is 1. The predicted octanol–water partition coefficient (Wildman–Crippen LogP) is 5.19. The fourth-order valence-electron chi connectivity index (χ4n) is 3.35. The summed E-state index contributed by atoms with van der Waals surface area (Å²) in [6.07, 6.45) is 1.57. The summed E-state index contributed by atoms with van der Waals surface area (Å²) in [6.45, 7) is 3.74. The topological polar surface area (TPSA) is 86.9 Å². The molecule has 0 saturated carbocycles. The quantitative estimate of drug-likeness (QED) is 0.380. The van der Waals surface area contributed by atoms with Gasteiger partial charge in [0.1, 0.15) is 5.82 Å². The zero-order valence-electron chi connectivity index (χ0n) is 18.2. The molecule has 1 aromatic heterocycles. The summed E-state index contributed by atoms with van der Waals surface area (Å²) in [7, 11) is 0. The first-order valence-corrected chi connectivity index (χ1v) is 10.7. The molecule has 3 N–H and O–H groups in total. The Balaban J connectivity index is 1.39. The molecule has 0 saturated heterocycles. The van der Waals surface area contributed by atoms with Crippen LogP contribution in [-0.4, -0.2) is 21.8 Å². The minimum Gasteiger partial charge on any atom is -0.342 e. The number of aromatic nitrogens is 2. The lowest BCUT2D eigenvalue weighted by atomic mass is 10.1. The third-order valence-electron chi connectivity index (χ3n) is 5.22. The number of nitrogens with zero attached hydrogens (tertiary/aromatic N) is 1. The van der Waals surface area contributed by atoms with Gasteiger partial charge in [-0.25, -0.2) is 4.98 Å². The van der Waals surface area contributed by atoms with E-state index in [-0.39, 0.29) is 17.7 Å². The van der Waals surface area contributed by atoms with Crippen LogP contribution in [0.5, 0.6) is 0 Å². The number of aromatic amines is 1. The summed E-state index contributed by atoms with van der Waals surface area (Å²) in [5.41, 5.74) is 4.98. The molecule has 0 radical (unpaired) electrons. The minimum absolute atomic E-state index is 0.0110. The van der Waals surface area contributed by atoms with Crippen LogP contribution in [0.25, 0.3) is 11.0 Å². The summed E-state index contributed by atoms with van der Waals surface area (Å²) in [6, 6.07) is 22.8. The molecule has 0 spiro atoms. The van der Waals surface area contributed by atoms with Crippen LogP contribution in [0, 0.1) is 5.92 Å². The highest BCUT2D eigenvalue weighted by molar-refractivity contribution is 6.05. The number of H-pyrrole nitrogens is 1. The SMILES string of the molecule is CC(C)C(=O)Nc1ccc(CCc2nc3ccc(C(=O)Nc4ccccc4)cc3[nH]2)cc1. The van der Waals surface area contributed by atoms with Crippen LogP contribution in [0.1, 0.15) is 35.6 Å². The molecule has 0 aliphatic rings. The van der Waals surface area contributed by atoms with Gasteiger partial charge in [0, 0.05) is 29.3 Å². The zero-order chi connectivity index (χ0) is 22.5. The van der Waals surface area contributed by atoms with E-state index in [2.05, 4.69) is 20.6 Å². The average Bonchev–Trinajstić information content (AvgIpc) is 3.21. The van der Waals surface area contributed by atoms with Gasteiger partial charge in [0.2, 0.25) is 5.91 Å². The maximum Gasteiger partial charge on any atom is 0.255 e. The van der Waals surface area contributed by atoms with Crippen molar-refractivity contribution in [1.82, 2.24) is 9.97 Å². The first-order chi connectivity index (χ1) is 15.5. The van der Waals surface area contributed by atoms with E-state index < -0.39 is 0 Å². The van der Waals surface area contributed by atoms with Gasteiger partial charge in [-0.05, 0) is 54.4 Å². The average molecular weight is 427 g/mol. The van der Waals surface area contributed by atoms with E-state index in [0.717, 1.165) is 46.6 Å². The van der Waals surface area contributed by atoms with Crippen molar-refractivity contribution in [3.05, 3.63) is 89.7 Å². The van der Waals surface area contributed by atoms with Gasteiger partial charge in [-0.2, -0.15) is 0 Å². The maximum absolute atomic E-state index is 12.5. The minimum atomic E-state index is -0.154. The number of rotatable bonds is 7. The molecule has 0 aliphatic heterocycles. The van der Waals surface area contributed by atoms with E-state index in [4.69, 9.17) is 0 Å². The number of fused-ring (bicyclic) bond motifs is 1. The molecule has 32 heavy (non-hydrogen) atoms. The molecule has 6 heteroatoms. The molecule has 162 valence electrons. The fraction of sp³-hybridized carbons (Fsp3) is 0.192. The number of hydrogen-bond acceptors (Lipinski definition) is 3. The molecule has 0 unspecified atom stereocenters. The normalized spacial score (nSPS) is 11.0. The van der Waals surface area contributed by atoms with E-state index in [0.29, 0.717) is 5.56 Å². The molecular weight excluding hydrogens is 400 g/mol. The van der Waals surface area contributed by atoms with E-state index in [1.54, 1.807) is 6.07 Å². The second-order valence-electron chi connectivity index (χ2n) is 8.08. The Kier molecular flexibility index (Phi) is 6.31. The van der Waals surface area contributed by atoms with Crippen LogP contribution in [0.3, 0.4) is 0 Å². The largest absolute Gasteiger partial charge is 0.342 e. The number of carbonyl (C=O) groups is 2. The highest BCUT2D eigenvalue weighted by Crippen LogP contribution is 2.18. The summed E-state index contributed by atoms with van der Waals surface area (Å²) in [5, 5.41) is 5.80. The van der Waals surface area contributed by atoms with E-state index in [1.807, 2.05) is 80.6 Å². The number of anilines is 2. The number of benzene rings is 3. The molecule has 0 bridgehead atoms. The number of para-hydroxylation sites is 1. The van der Waals surface area contributed by atoms with Gasteiger partial charge in [0.05, 0.1) is 11.0 Å². The highest BCUT2D eigenvalue weighted by atomic mass is 16.2. The summed E-state index contributed by atoms with van der Waals surface area (Å²) in [4.78, 5) is 32.3. The molecule has 0 fully saturated rings. The van der Waals surface area contributed by atoms with Crippen molar-refractivity contribution < 1.29 is 9.59 Å². The van der Waals surface area contributed by atoms with E-state index in [9.17, 15) is 9.59 Å². The van der Waals surface area contributed by atoms with E-state index >= 15 is 0 Å². The second kappa shape index (κ2) is 9.47. The number of amides is 2. The summed E-state index contributed by atoms with van der Waals surface area (Å²) < 4.78 is 0. The fourth-order valence-corrected chi connectivity index (χ4v) is 3.35. The van der Waals surface area contributed by atoms with Crippen LogP contribution in [0.15, 0.2) is 72.8 Å². The molecule has 4 rings (SSSR count). The van der Waals surface area contributed by atoms with Gasteiger partial charge in [-0.3, -0.25) is 9.59 Å². The Bertz CT molecular complexity index is 1230. The second-order valence-corrected chi connectivity index (χ2v) is 8.08. The van der Waals surface area contributed by atoms with Crippen LogP contribution in [0.4, 0.5) is 11.4 Å². The molecule has 2 amide bonds. The van der Waals surface area contributed by atoms with Gasteiger partial charge in [-0.15, -0.1) is 0 Å². The molecule has 1 heterocycles. The van der Waals surface area contributed by atoms with Crippen LogP contribution in [-0.2, 0) is 17.6 Å². The number of aryl methyl sites for hydroxylation is 2. The molecular formula is C26H26N4O2. The third-order valence-corrected chi connectivity index (χ3v) is 5.22. The lowest BCUT2D eigenvalue weighted by Gasteiger charge is -2.08. The monoisotopic (exact) mass is 426 g/mol. The van der Waals surface area contributed by atoms with Gasteiger partial charge >= 0.3 is 0 Å². The van der Waals surface area contributed by atoms with E-state index in [1.165, 1.54) is 0 Å². The van der Waals surface area contributed by atoms with Crippen molar-refractivity contribution in [2.24, 2.45) is 5.92 Å². The number of nitrogens with one attached hydrogen (secondary N) is 3. The van der Waals surface area contributed by atoms with Crippen LogP contribution in [0.2, 0.25) is 0 Å². The van der Waals surface area contributed by atoms with Crippen molar-refractivity contribution in [3.63, 3.8) is 0 Å². The third kappa shape index (κ3) is 5.21. The van der Waals surface area contributed by atoms with Crippen LogP contribution >= 0.6 is 0 Å². The van der Waals surface area contributed by atoms with Gasteiger partial charge in [0.25, 0.3) is 5.91 Å². The lowest BCUT2D eigenvalue weighted by Crippen LogP contribution is -2.17. The Morgan fingerprint density at radius 2 is 1.59 bits per heavy atom. The Labute approximate surface area is 187 Å². The molecule has 4 aromatic rings. The van der Waals surface area contributed by atoms with Gasteiger partial charge in [-0.1, -0.05) is 44.2 Å². The van der Waals surface area contributed by atoms with Crippen molar-refractivity contribution in [1.29, 1.82) is 0 Å². The smallest absolute Gasteiger partial charge is 0.255 e. The Hall–Kier alpha value is -3.93. The van der Waals surface area contributed by atoms with Gasteiger partial charge in [0.15, 0.2) is 0 Å². The zero-order valence-corrected chi connectivity index (χ0v) is 18.2. The standard InChI is InChI=1S/C26H26N4O2/c1-17(2)25(31)27-21-12-8-18(9-13-21)10-15-24-29-22-14-11-19(16-23(22)30-24)26(32)28-20-6-4-3-5-7-20/h3-9,11-14,16-17H,10,15H2,1-2H3,(H,27,31)(H,28,32)(H,29,30). The number of carbonyl (C=O) groups excluding carboxylic acids is 2. The first kappa shape index (κ1) is 21.3. The highest BCUT2D eigenvalue weighted by Gasteiger charge is 2.10. The maximum atomic E-state index is 12.5. The van der Waals surface area contributed by atoms with Crippen molar-refractivity contribution in [3.8, 4) is 0 Å². The molecule has 0 aliphatic carbocycles. The lowest BCUT2D eigenvalue weighted by molar-refractivity contribution is -0.118. The van der Waals surface area contributed by atoms with Gasteiger partial charge < -0.3 is 15.6 Å². The van der Waals surface area contributed by atoms with Crippen LogP contribution < -0.4 is 10.6 Å². The van der Waals surface area contributed by atoms with Crippen molar-refractivity contribution >= 4 is 34.2 Å². The molecule has 0 atom stereocenters. The number of hydrogen-bond donors (Lipinski definition) is 3. The van der Waals surface area contributed by atoms with Crippen molar-refractivity contribution in [2.75, 3.05) is 10.6 Å². The molecule has 3 aromatic carbocycles. The Morgan fingerprint density at radius 3 is 2.31 bits per heavy atom. The summed E-state index contributed by atoms with van der Waals surface area (Å²) in [5.74, 6) is 0.682. The first-order valence-electron chi connectivity index (χ1n) is 10.7. The Morgan fingerprint density at radius 1 is 0.875 bits per heavy atom. The van der Waals surface area contributed by atoms with Crippen molar-refractivity contribution in [2.45, 2.75) is 26.7 Å². The molecule has 6 nitrogen and oxygen atoms in total.